The molecule has 1 heterocycles. The van der Waals surface area contributed by atoms with Crippen molar-refractivity contribution in [1.29, 1.82) is 0 Å². The summed E-state index contributed by atoms with van der Waals surface area (Å²) in [7, 11) is 0. The van der Waals surface area contributed by atoms with Gasteiger partial charge in [-0.1, -0.05) is 20.4 Å². The fraction of sp³-hybridized carbons (Fsp3) is 0.846. The van der Waals surface area contributed by atoms with Crippen molar-refractivity contribution >= 4 is 0 Å². The van der Waals surface area contributed by atoms with E-state index in [-0.39, 0.29) is 0 Å². The van der Waals surface area contributed by atoms with E-state index in [0.717, 1.165) is 0 Å². The molecule has 1 aliphatic heterocycles. The van der Waals surface area contributed by atoms with Crippen LogP contribution in [0.5, 0.6) is 0 Å². The Bertz CT molecular complexity index is 203. The Balaban J connectivity index is 2.60. The molecule has 1 rings (SSSR count). The second-order valence-electron chi connectivity index (χ2n) is 5.26. The highest BCUT2D eigenvalue weighted by Crippen LogP contribution is 2.21. The van der Waals surface area contributed by atoms with E-state index in [9.17, 15) is 0 Å². The highest BCUT2D eigenvalue weighted by molar-refractivity contribution is 5.07. The fourth-order valence-corrected chi connectivity index (χ4v) is 2.52. The second-order valence-corrected chi connectivity index (χ2v) is 5.26. The summed E-state index contributed by atoms with van der Waals surface area (Å²) in [6, 6.07) is 0.997. The van der Waals surface area contributed by atoms with Crippen LogP contribution >= 0.6 is 0 Å². The van der Waals surface area contributed by atoms with Gasteiger partial charge in [-0.05, 0) is 45.7 Å². The molecule has 0 aromatic rings. The molecule has 2 heteroatoms. The number of nitrogens with zero attached hydrogens (tertiary/aromatic N) is 1. The molecule has 1 saturated heterocycles. The van der Waals surface area contributed by atoms with E-state index in [1.165, 1.54) is 31.6 Å². The predicted octanol–water partition coefficient (Wildman–Crippen LogP) is 2.62. The van der Waals surface area contributed by atoms with Gasteiger partial charge >= 0.3 is 0 Å². The first-order valence-electron chi connectivity index (χ1n) is 6.21. The maximum absolute atomic E-state index is 4.21. The minimum Gasteiger partial charge on any atom is -0.385 e. The summed E-state index contributed by atoms with van der Waals surface area (Å²) in [4.78, 5) is 2.57. The third-order valence-electron chi connectivity index (χ3n) is 3.00. The minimum atomic E-state index is 0.487. The Morgan fingerprint density at radius 3 is 2.07 bits per heavy atom. The lowest BCUT2D eigenvalue weighted by molar-refractivity contribution is 0.213. The van der Waals surface area contributed by atoms with Crippen molar-refractivity contribution in [1.82, 2.24) is 10.2 Å². The van der Waals surface area contributed by atoms with E-state index in [0.29, 0.717) is 18.0 Å². The summed E-state index contributed by atoms with van der Waals surface area (Å²) in [6.07, 6.45) is 2.69. The van der Waals surface area contributed by atoms with Crippen LogP contribution < -0.4 is 5.32 Å². The summed E-state index contributed by atoms with van der Waals surface area (Å²) >= 11 is 0. The first-order chi connectivity index (χ1) is 7.02. The van der Waals surface area contributed by atoms with E-state index in [4.69, 9.17) is 0 Å². The van der Waals surface area contributed by atoms with Crippen molar-refractivity contribution in [2.45, 2.75) is 52.6 Å². The lowest BCUT2D eigenvalue weighted by atomic mass is 9.99. The van der Waals surface area contributed by atoms with Crippen molar-refractivity contribution in [3.8, 4) is 0 Å². The molecule has 1 N–H and O–H groups in total. The maximum Gasteiger partial charge on any atom is 0.0512 e. The molecule has 1 aliphatic rings. The van der Waals surface area contributed by atoms with Crippen LogP contribution in [0.15, 0.2) is 12.3 Å². The van der Waals surface area contributed by atoms with Gasteiger partial charge in [0.1, 0.15) is 0 Å². The Morgan fingerprint density at radius 1 is 1.13 bits per heavy atom. The second kappa shape index (κ2) is 5.55. The van der Waals surface area contributed by atoms with Gasteiger partial charge in [0.25, 0.3) is 0 Å². The van der Waals surface area contributed by atoms with Crippen molar-refractivity contribution in [2.24, 2.45) is 5.92 Å². The first kappa shape index (κ1) is 12.6. The summed E-state index contributed by atoms with van der Waals surface area (Å²) in [5.41, 5.74) is 1.20. The molecule has 0 saturated carbocycles. The maximum atomic E-state index is 4.21. The third kappa shape index (κ3) is 3.53. The molecule has 0 radical (unpaired) electrons. The van der Waals surface area contributed by atoms with Crippen LogP contribution in [0.4, 0.5) is 0 Å². The zero-order chi connectivity index (χ0) is 11.4. The van der Waals surface area contributed by atoms with Gasteiger partial charge in [-0.2, -0.15) is 0 Å². The molecular formula is C13H26N2. The van der Waals surface area contributed by atoms with Crippen LogP contribution in [0.1, 0.15) is 40.5 Å². The topological polar surface area (TPSA) is 15.3 Å². The monoisotopic (exact) mass is 210 g/mol. The zero-order valence-electron chi connectivity index (χ0n) is 10.7. The highest BCUT2D eigenvalue weighted by atomic mass is 15.2. The number of rotatable bonds is 5. The minimum absolute atomic E-state index is 0.487. The molecule has 15 heavy (non-hydrogen) atoms. The Labute approximate surface area is 94.7 Å². The quantitative estimate of drug-likeness (QED) is 0.750. The van der Waals surface area contributed by atoms with Gasteiger partial charge in [-0.25, -0.2) is 0 Å². The smallest absolute Gasteiger partial charge is 0.0512 e. The lowest BCUT2D eigenvalue weighted by Gasteiger charge is -2.33. The summed E-state index contributed by atoms with van der Waals surface area (Å²) in [6.45, 7) is 15.6. The normalized spacial score (nSPS) is 19.9. The van der Waals surface area contributed by atoms with E-state index >= 15 is 0 Å². The van der Waals surface area contributed by atoms with Gasteiger partial charge in [-0.3, -0.25) is 4.90 Å². The lowest BCUT2D eigenvalue weighted by Crippen LogP contribution is -2.43. The van der Waals surface area contributed by atoms with E-state index in [1.54, 1.807) is 0 Å². The van der Waals surface area contributed by atoms with Crippen molar-refractivity contribution in [2.75, 3.05) is 13.1 Å². The average molecular weight is 210 g/mol. The predicted molar refractivity (Wildman–Crippen MR) is 66.8 cm³/mol. The fourth-order valence-electron chi connectivity index (χ4n) is 2.52. The van der Waals surface area contributed by atoms with Gasteiger partial charge < -0.3 is 5.32 Å². The SMILES string of the molecule is C=C(NC(C)C)C(C(C)C)N1CCCC1. The van der Waals surface area contributed by atoms with Crippen molar-refractivity contribution < 1.29 is 0 Å². The molecule has 0 bridgehead atoms. The van der Waals surface area contributed by atoms with Crippen molar-refractivity contribution in [3.05, 3.63) is 12.3 Å². The number of nitrogens with one attached hydrogen (secondary N) is 1. The van der Waals surface area contributed by atoms with E-state index in [2.05, 4.69) is 44.5 Å². The summed E-state index contributed by atoms with van der Waals surface area (Å²) < 4.78 is 0. The van der Waals surface area contributed by atoms with Gasteiger partial charge in [-0.15, -0.1) is 0 Å². The van der Waals surface area contributed by atoms with Gasteiger partial charge in [0.05, 0.1) is 6.04 Å². The molecule has 0 aromatic heterocycles. The van der Waals surface area contributed by atoms with E-state index in [1.807, 2.05) is 0 Å². The Kier molecular flexibility index (Phi) is 4.65. The molecule has 1 fully saturated rings. The largest absolute Gasteiger partial charge is 0.385 e. The van der Waals surface area contributed by atoms with Crippen LogP contribution in [-0.4, -0.2) is 30.1 Å². The van der Waals surface area contributed by atoms with Gasteiger partial charge in [0, 0.05) is 11.7 Å². The summed E-state index contributed by atoms with van der Waals surface area (Å²) in [5, 5.41) is 3.46. The van der Waals surface area contributed by atoms with Crippen LogP contribution in [-0.2, 0) is 0 Å². The molecule has 1 atom stereocenters. The first-order valence-corrected chi connectivity index (χ1v) is 6.21. The van der Waals surface area contributed by atoms with Gasteiger partial charge in [0.15, 0.2) is 0 Å². The molecule has 0 amide bonds. The molecular weight excluding hydrogens is 184 g/mol. The average Bonchev–Trinajstić information content (AvgIpc) is 2.54. The number of hydrogen-bond donors (Lipinski definition) is 1. The number of likely N-dealkylation sites (tertiary alicyclic amines) is 1. The number of hydrogen-bond acceptors (Lipinski definition) is 2. The molecule has 0 spiro atoms. The Hall–Kier alpha value is -0.500. The molecule has 2 nitrogen and oxygen atoms in total. The highest BCUT2D eigenvalue weighted by Gasteiger charge is 2.26. The van der Waals surface area contributed by atoms with Crippen molar-refractivity contribution in [3.63, 3.8) is 0 Å². The summed E-state index contributed by atoms with van der Waals surface area (Å²) in [5.74, 6) is 0.641. The van der Waals surface area contributed by atoms with Crippen LogP contribution in [0.3, 0.4) is 0 Å². The van der Waals surface area contributed by atoms with E-state index < -0.39 is 0 Å². The van der Waals surface area contributed by atoms with Gasteiger partial charge in [0.2, 0.25) is 0 Å². The Morgan fingerprint density at radius 2 is 1.67 bits per heavy atom. The van der Waals surface area contributed by atoms with Crippen LogP contribution in [0.25, 0.3) is 0 Å². The molecule has 1 unspecified atom stereocenters. The molecule has 88 valence electrons. The standard InChI is InChI=1S/C13H26N2/c1-10(2)13(12(5)14-11(3)4)15-8-6-7-9-15/h10-11,13-14H,5-9H2,1-4H3. The molecule has 0 aromatic carbocycles. The zero-order valence-corrected chi connectivity index (χ0v) is 10.7. The van der Waals surface area contributed by atoms with Crippen LogP contribution in [0.2, 0.25) is 0 Å². The van der Waals surface area contributed by atoms with Crippen LogP contribution in [0, 0.1) is 5.92 Å². The molecule has 0 aliphatic carbocycles. The third-order valence-corrected chi connectivity index (χ3v) is 3.00.